The Morgan fingerprint density at radius 1 is 1.19 bits per heavy atom. The van der Waals surface area contributed by atoms with Crippen molar-refractivity contribution in [3.63, 3.8) is 0 Å². The summed E-state index contributed by atoms with van der Waals surface area (Å²) in [5.74, 6) is 0.634. The molecule has 0 saturated carbocycles. The summed E-state index contributed by atoms with van der Waals surface area (Å²) in [4.78, 5) is 2.47. The van der Waals surface area contributed by atoms with Gasteiger partial charge in [0.05, 0.1) is 0 Å². The van der Waals surface area contributed by atoms with Gasteiger partial charge in [0.15, 0.2) is 0 Å². The van der Waals surface area contributed by atoms with E-state index in [4.69, 9.17) is 11.6 Å². The van der Waals surface area contributed by atoms with Crippen LogP contribution in [0.2, 0.25) is 5.02 Å². The predicted octanol–water partition coefficient (Wildman–Crippen LogP) is 3.66. The van der Waals surface area contributed by atoms with E-state index < -0.39 is 0 Å². The average molecular weight is 234 g/mol. The van der Waals surface area contributed by atoms with Crippen molar-refractivity contribution in [1.29, 1.82) is 0 Å². The maximum Gasteiger partial charge on any atom is 0.0454 e. The zero-order chi connectivity index (χ0) is 11.1. The van der Waals surface area contributed by atoms with Crippen LogP contribution in [0.5, 0.6) is 0 Å². The molecule has 0 aromatic heterocycles. The number of benzene rings is 1. The van der Waals surface area contributed by atoms with Gasteiger partial charge in [-0.2, -0.15) is 0 Å². The molecule has 3 aliphatic rings. The van der Waals surface area contributed by atoms with Gasteiger partial charge in [0, 0.05) is 17.1 Å². The van der Waals surface area contributed by atoms with Crippen molar-refractivity contribution in [1.82, 2.24) is 4.90 Å². The van der Waals surface area contributed by atoms with Gasteiger partial charge in [-0.15, -0.1) is 0 Å². The highest BCUT2D eigenvalue weighted by Gasteiger charge is 2.37. The lowest BCUT2D eigenvalue weighted by atomic mass is 9.77. The molecule has 0 spiro atoms. The molecule has 1 aromatic carbocycles. The monoisotopic (exact) mass is 233 g/mol. The molecule has 1 aromatic rings. The fourth-order valence-corrected chi connectivity index (χ4v) is 3.35. The van der Waals surface area contributed by atoms with Gasteiger partial charge in [-0.1, -0.05) is 42.0 Å². The van der Waals surface area contributed by atoms with Crippen LogP contribution in [0.4, 0.5) is 0 Å². The smallest absolute Gasteiger partial charge is 0.0454 e. The quantitative estimate of drug-likeness (QED) is 0.670. The van der Waals surface area contributed by atoms with Crippen molar-refractivity contribution in [2.24, 2.45) is 5.92 Å². The van der Waals surface area contributed by atoms with Gasteiger partial charge in [0.2, 0.25) is 0 Å². The number of rotatable bonds is 1. The maximum absolute atomic E-state index is 6.31. The molecule has 84 valence electrons. The minimum absolute atomic E-state index is 0.470. The first kappa shape index (κ1) is 10.4. The van der Waals surface area contributed by atoms with Gasteiger partial charge in [0.25, 0.3) is 0 Å². The summed E-state index contributed by atoms with van der Waals surface area (Å²) in [5.41, 5.74) is 1.28. The van der Waals surface area contributed by atoms with Crippen LogP contribution in [0.15, 0.2) is 36.4 Å². The van der Waals surface area contributed by atoms with Gasteiger partial charge in [-0.05, 0) is 37.4 Å². The van der Waals surface area contributed by atoms with E-state index in [1.54, 1.807) is 0 Å². The Morgan fingerprint density at radius 3 is 2.62 bits per heavy atom. The van der Waals surface area contributed by atoms with E-state index >= 15 is 0 Å². The van der Waals surface area contributed by atoms with E-state index in [1.165, 1.54) is 18.4 Å². The van der Waals surface area contributed by atoms with Gasteiger partial charge < -0.3 is 0 Å². The summed E-state index contributed by atoms with van der Waals surface area (Å²) in [6.45, 7) is 0. The van der Waals surface area contributed by atoms with Crippen molar-refractivity contribution in [3.8, 4) is 0 Å². The van der Waals surface area contributed by atoms with Crippen LogP contribution in [0.3, 0.4) is 0 Å². The fourth-order valence-electron chi connectivity index (χ4n) is 3.10. The van der Waals surface area contributed by atoms with Gasteiger partial charge in [0.1, 0.15) is 0 Å². The molecule has 4 rings (SSSR count). The molecule has 2 heterocycles. The van der Waals surface area contributed by atoms with Crippen LogP contribution in [-0.4, -0.2) is 18.0 Å². The summed E-state index contributed by atoms with van der Waals surface area (Å²) < 4.78 is 0. The molecular formula is C14H16ClN. The molecule has 3 atom stereocenters. The first-order valence-electron chi connectivity index (χ1n) is 5.92. The fraction of sp³-hybridized carbons (Fsp3) is 0.429. The zero-order valence-corrected chi connectivity index (χ0v) is 10.2. The third-order valence-corrected chi connectivity index (χ3v) is 4.31. The molecule has 2 bridgehead atoms. The number of likely N-dealkylation sites (N-methyl/N-ethyl adjacent to an activating group) is 1. The second kappa shape index (κ2) is 3.90. The summed E-state index contributed by atoms with van der Waals surface area (Å²) >= 11 is 6.31. The Hall–Kier alpha value is -0.790. The predicted molar refractivity (Wildman–Crippen MR) is 67.6 cm³/mol. The third-order valence-electron chi connectivity index (χ3n) is 3.97. The lowest BCUT2D eigenvalue weighted by molar-refractivity contribution is 0.0926. The van der Waals surface area contributed by atoms with Crippen molar-refractivity contribution in [3.05, 3.63) is 47.0 Å². The van der Waals surface area contributed by atoms with Crippen molar-refractivity contribution < 1.29 is 0 Å². The Labute approximate surface area is 102 Å². The number of hydrogen-bond acceptors (Lipinski definition) is 1. The van der Waals surface area contributed by atoms with Crippen LogP contribution >= 0.6 is 11.6 Å². The van der Waals surface area contributed by atoms with Crippen LogP contribution in [0.25, 0.3) is 0 Å². The van der Waals surface area contributed by atoms with E-state index in [1.807, 2.05) is 12.1 Å². The van der Waals surface area contributed by atoms with E-state index in [-0.39, 0.29) is 0 Å². The molecule has 1 saturated heterocycles. The molecule has 2 aliphatic heterocycles. The first-order chi connectivity index (χ1) is 7.77. The molecule has 3 unspecified atom stereocenters. The van der Waals surface area contributed by atoms with Crippen LogP contribution in [-0.2, 0) is 0 Å². The molecule has 16 heavy (non-hydrogen) atoms. The molecule has 1 aliphatic carbocycles. The normalized spacial score (nSPS) is 33.2. The standard InChI is InChI=1S/C14H16ClN/c1-16-11-8-6-10(7-9-11)14(16)12-4-2-3-5-13(12)15/h2-6,8,10-11,14H,7,9H2,1H3. The highest BCUT2D eigenvalue weighted by molar-refractivity contribution is 6.31. The van der Waals surface area contributed by atoms with Crippen molar-refractivity contribution in [2.75, 3.05) is 7.05 Å². The SMILES string of the molecule is CN1C2C=CC(CC2)C1c1ccccc1Cl. The molecular weight excluding hydrogens is 218 g/mol. The number of piperidine rings is 1. The Bertz CT molecular complexity index is 426. The topological polar surface area (TPSA) is 3.24 Å². The number of halogens is 1. The Balaban J connectivity index is 2.02. The van der Waals surface area contributed by atoms with E-state index in [0.29, 0.717) is 18.0 Å². The van der Waals surface area contributed by atoms with Crippen LogP contribution < -0.4 is 0 Å². The molecule has 1 fully saturated rings. The lowest BCUT2D eigenvalue weighted by Gasteiger charge is -2.46. The Morgan fingerprint density at radius 2 is 2.00 bits per heavy atom. The molecule has 0 amide bonds. The van der Waals surface area contributed by atoms with E-state index in [9.17, 15) is 0 Å². The van der Waals surface area contributed by atoms with Crippen LogP contribution in [0, 0.1) is 5.92 Å². The van der Waals surface area contributed by atoms with Crippen LogP contribution in [0.1, 0.15) is 24.4 Å². The zero-order valence-electron chi connectivity index (χ0n) is 9.44. The highest BCUT2D eigenvalue weighted by atomic mass is 35.5. The maximum atomic E-state index is 6.31. The summed E-state index contributed by atoms with van der Waals surface area (Å²) in [6.07, 6.45) is 7.31. The number of hydrogen-bond donors (Lipinski definition) is 0. The minimum atomic E-state index is 0.470. The first-order valence-corrected chi connectivity index (χ1v) is 6.30. The molecule has 1 nitrogen and oxygen atoms in total. The molecule has 0 N–H and O–H groups in total. The third kappa shape index (κ3) is 1.50. The van der Waals surface area contributed by atoms with Gasteiger partial charge in [-0.3, -0.25) is 4.90 Å². The average Bonchev–Trinajstić information content (AvgIpc) is 2.32. The summed E-state index contributed by atoms with van der Waals surface area (Å²) in [6, 6.07) is 9.32. The molecule has 0 radical (unpaired) electrons. The Kier molecular flexibility index (Phi) is 2.53. The number of fused-ring (bicyclic) bond motifs is 2. The summed E-state index contributed by atoms with van der Waals surface area (Å²) in [5, 5.41) is 0.903. The van der Waals surface area contributed by atoms with Crippen molar-refractivity contribution >= 4 is 11.6 Å². The lowest BCUT2D eigenvalue weighted by Crippen LogP contribution is -2.45. The number of nitrogens with zero attached hydrogens (tertiary/aromatic N) is 1. The second-order valence-electron chi connectivity index (χ2n) is 4.83. The summed E-state index contributed by atoms with van der Waals surface area (Å²) in [7, 11) is 2.22. The second-order valence-corrected chi connectivity index (χ2v) is 5.23. The highest BCUT2D eigenvalue weighted by Crippen LogP contribution is 2.44. The van der Waals surface area contributed by atoms with E-state index in [2.05, 4.69) is 36.2 Å². The largest absolute Gasteiger partial charge is 0.292 e. The van der Waals surface area contributed by atoms with Gasteiger partial charge >= 0.3 is 0 Å². The molecule has 2 heteroatoms. The van der Waals surface area contributed by atoms with E-state index in [0.717, 1.165) is 5.02 Å². The van der Waals surface area contributed by atoms with Crippen molar-refractivity contribution in [2.45, 2.75) is 24.9 Å². The van der Waals surface area contributed by atoms with Gasteiger partial charge in [-0.25, -0.2) is 0 Å². The minimum Gasteiger partial charge on any atom is -0.292 e.